The third-order valence-electron chi connectivity index (χ3n) is 4.25. The lowest BCUT2D eigenvalue weighted by Gasteiger charge is -2.23. The van der Waals surface area contributed by atoms with E-state index in [0.717, 1.165) is 62.0 Å². The molecule has 1 saturated heterocycles. The molecule has 126 valence electrons. The highest BCUT2D eigenvalue weighted by Crippen LogP contribution is 2.22. The van der Waals surface area contributed by atoms with E-state index in [4.69, 9.17) is 16.3 Å². The molecule has 2 aromatic heterocycles. The van der Waals surface area contributed by atoms with Crippen molar-refractivity contribution in [1.82, 2.24) is 24.5 Å². The molecule has 1 aliphatic heterocycles. The zero-order chi connectivity index (χ0) is 16.2. The second-order valence-corrected chi connectivity index (χ2v) is 6.36. The molecule has 0 aromatic carbocycles. The first kappa shape index (κ1) is 16.5. The summed E-state index contributed by atoms with van der Waals surface area (Å²) in [5.41, 5.74) is 2.24. The van der Waals surface area contributed by atoms with Crippen LogP contribution < -0.4 is 0 Å². The Morgan fingerprint density at radius 3 is 3.04 bits per heavy atom. The number of rotatable bonds is 5. The minimum absolute atomic E-state index is 0.151. The molecule has 23 heavy (non-hydrogen) atoms. The number of hydrogen-bond acceptors (Lipinski definition) is 4. The highest BCUT2D eigenvalue weighted by molar-refractivity contribution is 6.30. The first-order valence-corrected chi connectivity index (χ1v) is 8.56. The van der Waals surface area contributed by atoms with Crippen molar-refractivity contribution in [3.8, 4) is 0 Å². The predicted octanol–water partition coefficient (Wildman–Crippen LogP) is 2.12. The number of aryl methyl sites for hydroxylation is 2. The molecule has 1 aliphatic rings. The molecule has 6 nitrogen and oxygen atoms in total. The van der Waals surface area contributed by atoms with Gasteiger partial charge in [-0.1, -0.05) is 18.5 Å². The first-order valence-electron chi connectivity index (χ1n) is 8.19. The van der Waals surface area contributed by atoms with Gasteiger partial charge >= 0.3 is 0 Å². The van der Waals surface area contributed by atoms with Crippen molar-refractivity contribution in [1.29, 1.82) is 0 Å². The van der Waals surface area contributed by atoms with Crippen molar-refractivity contribution in [3.05, 3.63) is 34.9 Å². The van der Waals surface area contributed by atoms with Crippen molar-refractivity contribution in [3.63, 3.8) is 0 Å². The van der Waals surface area contributed by atoms with E-state index in [1.165, 1.54) is 0 Å². The molecule has 2 aromatic rings. The van der Waals surface area contributed by atoms with Gasteiger partial charge in [-0.25, -0.2) is 0 Å². The quantitative estimate of drug-likeness (QED) is 0.838. The molecule has 3 rings (SSSR count). The highest BCUT2D eigenvalue weighted by Gasteiger charge is 2.22. The molecule has 1 fully saturated rings. The summed E-state index contributed by atoms with van der Waals surface area (Å²) in [6.45, 7) is 6.43. The lowest BCUT2D eigenvalue weighted by Crippen LogP contribution is -2.34. The molecule has 0 amide bonds. The van der Waals surface area contributed by atoms with Gasteiger partial charge in [-0.2, -0.15) is 10.2 Å². The van der Waals surface area contributed by atoms with E-state index >= 15 is 0 Å². The Kier molecular flexibility index (Phi) is 5.35. The fraction of sp³-hybridized carbons (Fsp3) is 0.625. The van der Waals surface area contributed by atoms with E-state index < -0.39 is 0 Å². The number of aromatic nitrogens is 4. The van der Waals surface area contributed by atoms with E-state index in [2.05, 4.69) is 22.0 Å². The topological polar surface area (TPSA) is 48.1 Å². The van der Waals surface area contributed by atoms with Gasteiger partial charge in [0.25, 0.3) is 0 Å². The van der Waals surface area contributed by atoms with E-state index in [1.807, 2.05) is 24.0 Å². The van der Waals surface area contributed by atoms with Crippen LogP contribution in [0.25, 0.3) is 0 Å². The minimum Gasteiger partial charge on any atom is -0.375 e. The summed E-state index contributed by atoms with van der Waals surface area (Å²) in [5, 5.41) is 9.53. The molecule has 0 bridgehead atoms. The van der Waals surface area contributed by atoms with Crippen molar-refractivity contribution >= 4 is 11.6 Å². The summed E-state index contributed by atoms with van der Waals surface area (Å²) in [7, 11) is 1.90. The monoisotopic (exact) mass is 337 g/mol. The van der Waals surface area contributed by atoms with Crippen LogP contribution in [-0.2, 0) is 31.3 Å². The second kappa shape index (κ2) is 7.47. The summed E-state index contributed by atoms with van der Waals surface area (Å²) in [6, 6.07) is 1.94. The number of hydrogen-bond donors (Lipinski definition) is 0. The minimum atomic E-state index is 0.151. The third-order valence-corrected chi connectivity index (χ3v) is 4.73. The Labute approximate surface area is 142 Å². The molecular formula is C16H24ClN5O. The maximum atomic E-state index is 6.43. The van der Waals surface area contributed by atoms with E-state index in [0.29, 0.717) is 0 Å². The van der Waals surface area contributed by atoms with Crippen LogP contribution in [0.1, 0.15) is 24.6 Å². The second-order valence-electron chi connectivity index (χ2n) is 6.00. The molecule has 0 unspecified atom stereocenters. The van der Waals surface area contributed by atoms with Gasteiger partial charge in [-0.3, -0.25) is 14.3 Å². The Hall–Kier alpha value is -1.37. The molecule has 0 spiro atoms. The first-order chi connectivity index (χ1) is 11.2. The smallest absolute Gasteiger partial charge is 0.131 e. The number of ether oxygens (including phenoxy) is 1. The van der Waals surface area contributed by atoms with Gasteiger partial charge in [0.2, 0.25) is 0 Å². The van der Waals surface area contributed by atoms with Crippen LogP contribution in [-0.4, -0.2) is 50.3 Å². The summed E-state index contributed by atoms with van der Waals surface area (Å²) in [6.07, 6.45) is 5.87. The molecule has 1 atom stereocenters. The summed E-state index contributed by atoms with van der Waals surface area (Å²) in [4.78, 5) is 2.42. The Balaban J connectivity index is 1.69. The van der Waals surface area contributed by atoms with Gasteiger partial charge in [-0.05, 0) is 18.9 Å². The van der Waals surface area contributed by atoms with Gasteiger partial charge in [0.05, 0.1) is 18.3 Å². The van der Waals surface area contributed by atoms with Gasteiger partial charge in [-0.15, -0.1) is 0 Å². The van der Waals surface area contributed by atoms with Crippen molar-refractivity contribution in [2.75, 3.05) is 19.7 Å². The molecule has 0 N–H and O–H groups in total. The van der Waals surface area contributed by atoms with Crippen LogP contribution in [0.2, 0.25) is 5.15 Å². The van der Waals surface area contributed by atoms with Crippen LogP contribution in [0.5, 0.6) is 0 Å². The van der Waals surface area contributed by atoms with Crippen LogP contribution in [0.4, 0.5) is 0 Å². The molecular weight excluding hydrogens is 314 g/mol. The maximum absolute atomic E-state index is 6.43. The summed E-state index contributed by atoms with van der Waals surface area (Å²) in [5.74, 6) is 0. The standard InChI is InChI=1S/C16H24ClN5O/c1-3-15-14(16(17)20(2)19-15)12-21-7-5-9-23-13(10-21)11-22-8-4-6-18-22/h4,6,8,13H,3,5,7,9-12H2,1-2H3/t13-/m0/s1. The van der Waals surface area contributed by atoms with E-state index in [1.54, 1.807) is 10.9 Å². The average molecular weight is 338 g/mol. The van der Waals surface area contributed by atoms with E-state index in [-0.39, 0.29) is 6.10 Å². The Morgan fingerprint density at radius 2 is 2.30 bits per heavy atom. The fourth-order valence-electron chi connectivity index (χ4n) is 3.11. The van der Waals surface area contributed by atoms with Crippen molar-refractivity contribution in [2.45, 2.75) is 39.0 Å². The maximum Gasteiger partial charge on any atom is 0.131 e. The van der Waals surface area contributed by atoms with Crippen molar-refractivity contribution < 1.29 is 4.74 Å². The van der Waals surface area contributed by atoms with Crippen LogP contribution in [0.15, 0.2) is 18.5 Å². The van der Waals surface area contributed by atoms with Gasteiger partial charge in [0, 0.05) is 51.2 Å². The molecule has 0 saturated carbocycles. The van der Waals surface area contributed by atoms with Crippen LogP contribution in [0, 0.1) is 0 Å². The summed E-state index contributed by atoms with van der Waals surface area (Å²) < 4.78 is 9.68. The molecule has 0 radical (unpaired) electrons. The summed E-state index contributed by atoms with van der Waals surface area (Å²) >= 11 is 6.43. The van der Waals surface area contributed by atoms with Crippen LogP contribution >= 0.6 is 11.6 Å². The molecule has 3 heterocycles. The molecule has 0 aliphatic carbocycles. The van der Waals surface area contributed by atoms with E-state index in [9.17, 15) is 0 Å². The Morgan fingerprint density at radius 1 is 1.43 bits per heavy atom. The zero-order valence-corrected chi connectivity index (χ0v) is 14.5. The lowest BCUT2D eigenvalue weighted by atomic mass is 10.2. The van der Waals surface area contributed by atoms with Crippen LogP contribution in [0.3, 0.4) is 0 Å². The number of nitrogens with zero attached hydrogens (tertiary/aromatic N) is 5. The average Bonchev–Trinajstić information content (AvgIpc) is 3.06. The zero-order valence-electron chi connectivity index (χ0n) is 13.8. The lowest BCUT2D eigenvalue weighted by molar-refractivity contribution is 0.0391. The van der Waals surface area contributed by atoms with Crippen molar-refractivity contribution in [2.24, 2.45) is 7.05 Å². The third kappa shape index (κ3) is 3.94. The number of halogens is 1. The largest absolute Gasteiger partial charge is 0.375 e. The Bertz CT molecular complexity index is 625. The predicted molar refractivity (Wildman–Crippen MR) is 89.5 cm³/mol. The highest BCUT2D eigenvalue weighted by atomic mass is 35.5. The SMILES string of the molecule is CCc1nn(C)c(Cl)c1CN1CCCO[C@H](Cn2cccn2)C1. The molecule has 7 heteroatoms. The van der Waals surface area contributed by atoms with Gasteiger partial charge in [0.15, 0.2) is 0 Å². The normalized spacial score (nSPS) is 19.9. The van der Waals surface area contributed by atoms with Gasteiger partial charge in [0.1, 0.15) is 5.15 Å². The fourth-order valence-corrected chi connectivity index (χ4v) is 3.31. The van der Waals surface area contributed by atoms with Gasteiger partial charge < -0.3 is 4.74 Å².